The van der Waals surface area contributed by atoms with Crippen LogP contribution < -0.4 is 22.1 Å². The molecule has 37 nitrogen and oxygen atoms in total. The van der Waals surface area contributed by atoms with E-state index in [4.69, 9.17) is 82.9 Å². The van der Waals surface area contributed by atoms with E-state index in [0.29, 0.717) is 230 Å². The lowest BCUT2D eigenvalue weighted by molar-refractivity contribution is -0.264. The Morgan fingerprint density at radius 1 is 0.736 bits per heavy atom. The predicted octanol–water partition coefficient (Wildman–Crippen LogP) is 7.60. The Bertz CT molecular complexity index is 4400. The third-order valence-corrected chi connectivity index (χ3v) is 24.1. The zero-order valence-electron chi connectivity index (χ0n) is 76.7. The van der Waals surface area contributed by atoms with Crippen LogP contribution in [0.4, 0.5) is 10.6 Å². The number of amides is 3. The number of rotatable bonds is 45. The number of aliphatic hydroxyl groups excluding tert-OH is 1. The number of esters is 1. The number of fused-ring (bicyclic) bond motifs is 5. The van der Waals surface area contributed by atoms with Gasteiger partial charge in [0.25, 0.3) is 11.7 Å². The summed E-state index contributed by atoms with van der Waals surface area (Å²) in [5.41, 5.74) is 18.2. The van der Waals surface area contributed by atoms with Gasteiger partial charge >= 0.3 is 12.1 Å². The van der Waals surface area contributed by atoms with Crippen molar-refractivity contribution in [3.05, 3.63) is 90.3 Å². The number of cyclic esters (lactones) is 1. The quantitative estimate of drug-likeness (QED) is 0.00853. The van der Waals surface area contributed by atoms with Crippen molar-refractivity contribution in [2.75, 3.05) is 152 Å². The zero-order chi connectivity index (χ0) is 92.5. The number of nitrogens with two attached hydrogens (primary N) is 2. The summed E-state index contributed by atoms with van der Waals surface area (Å²) in [5.74, 6) is -8.52. The number of piperidine rings is 1. The summed E-state index contributed by atoms with van der Waals surface area (Å²) >= 11 is 0. The number of aromatic nitrogens is 9. The molecule has 0 aromatic carbocycles. The number of aliphatic hydroxyl groups is 2. The van der Waals surface area contributed by atoms with Crippen LogP contribution in [0, 0.1) is 29.6 Å². The first-order valence-electron chi connectivity index (χ1n) is 45.8. The summed E-state index contributed by atoms with van der Waals surface area (Å²) in [4.78, 5) is 115. The van der Waals surface area contributed by atoms with Crippen LogP contribution in [0.2, 0.25) is 0 Å². The number of pyridine rings is 1. The van der Waals surface area contributed by atoms with Gasteiger partial charge in [-0.25, -0.2) is 33.9 Å². The molecule has 0 unspecified atom stereocenters. The Hall–Kier alpha value is -8.77. The van der Waals surface area contributed by atoms with E-state index in [1.807, 2.05) is 48.3 Å². The van der Waals surface area contributed by atoms with E-state index in [0.717, 1.165) is 52.9 Å². The minimum Gasteiger partial charge on any atom is -0.459 e. The van der Waals surface area contributed by atoms with E-state index in [1.54, 1.807) is 76.9 Å². The largest absolute Gasteiger partial charge is 0.459 e. The number of Topliss-reactive ketones (excluding diaryl/α,β-unsaturated/α-hetero) is 3. The SMILES string of the molecule is COC(=O)N[C@H]1C[C@@H]2CC[C@@H](C)[C@@](O)(O2)C(=O)C(=O)N2CCCC[C@H]2C(=O)O[C@H]([C@H](N)C[C@@H]2CC[C@@H](OCCCCc3cn(CCOCCOCCOCCOCCOCCOCCOCCOCCC(=O)NCCCCn4nc(-c5cnc6[nH]ccc6c5)c5c(N)ncnc54)nn3)[C@H](OC)C2)CC(=O)[C@H](C)/C=C(\C)[C@@H](O)[C@@H](OC)C(=O)[C@H](C)C[C@H](C)/C=C/C=C/C=C/1C. The number of carbonyl (C=O) groups is 7. The molecule has 5 aromatic rings. The van der Waals surface area contributed by atoms with Gasteiger partial charge in [-0.1, -0.05) is 74.9 Å². The highest BCUT2D eigenvalue weighted by molar-refractivity contribution is 6.39. The molecule has 3 fully saturated rings. The van der Waals surface area contributed by atoms with Gasteiger partial charge in [-0.2, -0.15) is 5.10 Å². The number of ether oxygens (including phenoxy) is 14. The molecule has 2 bridgehead atoms. The number of alkyl carbamates (subject to hydrolysis) is 1. The van der Waals surface area contributed by atoms with Crippen LogP contribution in [0.5, 0.6) is 0 Å². The molecule has 1 aliphatic carbocycles. The molecule has 1 saturated carbocycles. The fourth-order valence-electron chi connectivity index (χ4n) is 16.5. The van der Waals surface area contributed by atoms with Crippen molar-refractivity contribution < 1.29 is 110 Å². The van der Waals surface area contributed by atoms with E-state index in [9.17, 15) is 43.8 Å². The molecule has 37 heteroatoms. The van der Waals surface area contributed by atoms with Crippen molar-refractivity contribution >= 4 is 69.1 Å². The maximum atomic E-state index is 14.8. The highest BCUT2D eigenvalue weighted by atomic mass is 16.6. The second-order valence-electron chi connectivity index (χ2n) is 33.9. The van der Waals surface area contributed by atoms with Gasteiger partial charge < -0.3 is 109 Å². The normalized spacial score (nSPS) is 26.2. The van der Waals surface area contributed by atoms with Gasteiger partial charge in [0.05, 0.1) is 155 Å². The first kappa shape index (κ1) is 104. The fourth-order valence-corrected chi connectivity index (χ4v) is 16.5. The monoisotopic (exact) mass is 1810 g/mol. The minimum atomic E-state index is -2.58. The molecule has 0 radical (unpaired) electrons. The lowest BCUT2D eigenvalue weighted by Gasteiger charge is -2.43. The maximum Gasteiger partial charge on any atom is 0.407 e. The number of methoxy groups -OCH3 is 3. The van der Waals surface area contributed by atoms with E-state index >= 15 is 0 Å². The van der Waals surface area contributed by atoms with E-state index in [-0.39, 0.29) is 73.7 Å². The second-order valence-corrected chi connectivity index (χ2v) is 33.9. The molecule has 9 N–H and O–H groups in total. The number of nitrogens with zero attached hydrogens (tertiary/aromatic N) is 9. The number of nitrogen functional groups attached to an aromatic ring is 1. The molecule has 3 aliphatic heterocycles. The van der Waals surface area contributed by atoms with Crippen molar-refractivity contribution in [2.24, 2.45) is 35.3 Å². The van der Waals surface area contributed by atoms with Crippen LogP contribution >= 0.6 is 0 Å². The smallest absolute Gasteiger partial charge is 0.407 e. The number of H-pyrrole nitrogens is 1. The lowest BCUT2D eigenvalue weighted by Crippen LogP contribution is -2.61. The van der Waals surface area contributed by atoms with Gasteiger partial charge in [0.1, 0.15) is 53.6 Å². The molecular formula is C92H140N14O23. The third-order valence-electron chi connectivity index (χ3n) is 24.1. The summed E-state index contributed by atoms with van der Waals surface area (Å²) in [6, 6.07) is 1.11. The zero-order valence-corrected chi connectivity index (χ0v) is 76.7. The molecule has 8 heterocycles. The fraction of sp³-hybridized carbons (Fsp3) is 0.685. The van der Waals surface area contributed by atoms with Crippen molar-refractivity contribution in [1.29, 1.82) is 0 Å². The van der Waals surface area contributed by atoms with Gasteiger partial charge in [0.2, 0.25) is 11.7 Å². The number of nitrogens with one attached hydrogen (secondary N) is 3. The summed E-state index contributed by atoms with van der Waals surface area (Å²) in [6.45, 7) is 19.2. The number of unbranched alkanes of at least 4 members (excludes halogenated alkanes) is 2. The third kappa shape index (κ3) is 33.2. The average molecular weight is 1810 g/mol. The van der Waals surface area contributed by atoms with Crippen LogP contribution in [0.15, 0.2) is 84.7 Å². The molecule has 2 saturated heterocycles. The first-order valence-corrected chi connectivity index (χ1v) is 45.8. The number of anilines is 1. The Morgan fingerprint density at radius 3 is 2.11 bits per heavy atom. The number of ketones is 3. The maximum absolute atomic E-state index is 14.8. The molecule has 9 rings (SSSR count). The van der Waals surface area contributed by atoms with Crippen molar-refractivity contribution in [2.45, 2.75) is 231 Å². The molecule has 3 amide bonds. The number of carbonyl (C=O) groups excluding carboxylic acids is 7. The highest BCUT2D eigenvalue weighted by Crippen LogP contribution is 2.39. The van der Waals surface area contributed by atoms with E-state index in [1.165, 1.54) is 20.5 Å². The number of hydrogen-bond acceptors (Lipinski definition) is 31. The number of hydrogen-bond donors (Lipinski definition) is 7. The van der Waals surface area contributed by atoms with Crippen molar-refractivity contribution in [3.63, 3.8) is 0 Å². The molecule has 0 spiro atoms. The Morgan fingerprint density at radius 2 is 1.43 bits per heavy atom. The summed E-state index contributed by atoms with van der Waals surface area (Å²) in [7, 11) is 4.23. The Labute approximate surface area is 756 Å². The first-order chi connectivity index (χ1) is 62.4. The average Bonchev–Trinajstić information content (AvgIpc) is 1.74. The van der Waals surface area contributed by atoms with Gasteiger partial charge in [-0.3, -0.25) is 24.0 Å². The summed E-state index contributed by atoms with van der Waals surface area (Å²) in [6.07, 6.45) is 20.1. The summed E-state index contributed by atoms with van der Waals surface area (Å²) in [5, 5.41) is 44.8. The van der Waals surface area contributed by atoms with Crippen LogP contribution in [-0.2, 0) is 115 Å². The highest BCUT2D eigenvalue weighted by Gasteiger charge is 2.53. The minimum absolute atomic E-state index is 0.00525. The van der Waals surface area contributed by atoms with Gasteiger partial charge in [-0.05, 0) is 146 Å². The van der Waals surface area contributed by atoms with Crippen LogP contribution in [0.3, 0.4) is 0 Å². The van der Waals surface area contributed by atoms with Crippen LogP contribution in [0.25, 0.3) is 33.3 Å². The van der Waals surface area contributed by atoms with Crippen molar-refractivity contribution in [3.8, 4) is 11.3 Å². The lowest BCUT2D eigenvalue weighted by atomic mass is 9.80. The molecular weight excluding hydrogens is 1670 g/mol. The Kier molecular flexibility index (Phi) is 44.8. The Balaban J connectivity index is 0.597. The predicted molar refractivity (Wildman–Crippen MR) is 477 cm³/mol. The topological polar surface area (TPSA) is 471 Å². The standard InChI is InChI=1S/C92H140N14O23/c1-61-19-11-10-12-20-62(2)73(100-91(114)118-9)56-71-25-23-66(6)92(115,129-71)85(111)89(112)105-31-16-13-22-74(105)90(113)128-77(57-75(107)63(3)52-65(5)83(110)84(117-8)82(109)64(4)51-61)72(93)53-67-24-26-76(78(54-67)116-7)127-34-18-14-21-70-59-104(103-101-70)33-36-120-38-40-122-42-44-124-46-48-126-50-49-125-47-45-123-43-41-121-39-37-119-35-28-79(108)95-29-15-17-32-106-88-80(86(94)98-60-99-88)81(102-106)69-55-68-27-30-96-87(68)97-58-69/h10-12,19-20,27,30,52,55,58-61,63-64,66-67,71-74,76-78,83-84,110,115H,13-18,21-26,28-29,31-51,53-54,56-57,93H2,1-9H3,(H,95,108)(H,96,97)(H,100,114)(H2,94,98,99)/b12-10+,19-11+,62-20+,65-52+/t61-,63-,64-,66-,67+,71+,72-,73+,74+,76-,77+,78-,83-,84+,92-/m1/s1. The molecule has 4 aliphatic rings. The van der Waals surface area contributed by atoms with Gasteiger partial charge in [-0.15, -0.1) is 5.10 Å². The number of aryl methyl sites for hydroxylation is 2. The van der Waals surface area contributed by atoms with Crippen LogP contribution in [0.1, 0.15) is 156 Å². The van der Waals surface area contributed by atoms with Gasteiger partial charge in [0, 0.05) is 107 Å². The van der Waals surface area contributed by atoms with E-state index in [2.05, 4.69) is 40.9 Å². The van der Waals surface area contributed by atoms with Crippen molar-refractivity contribution in [1.82, 2.24) is 60.2 Å². The second kappa shape index (κ2) is 55.5. The van der Waals surface area contributed by atoms with Crippen LogP contribution in [-0.4, -0.2) is 308 Å². The summed E-state index contributed by atoms with van der Waals surface area (Å²) < 4.78 is 84.2. The molecule has 15 atom stereocenters. The number of allylic oxidation sites excluding steroid dienone is 6. The van der Waals surface area contributed by atoms with Gasteiger partial charge in [0.15, 0.2) is 11.4 Å². The molecule has 716 valence electrons. The molecule has 5 aromatic heterocycles. The molecule has 129 heavy (non-hydrogen) atoms. The number of aromatic amines is 1. The van der Waals surface area contributed by atoms with E-state index < -0.39 is 89.8 Å².